The summed E-state index contributed by atoms with van der Waals surface area (Å²) in [6.45, 7) is 6.80. The third-order valence-electron chi connectivity index (χ3n) is 4.14. The van der Waals surface area contributed by atoms with Crippen molar-refractivity contribution in [1.29, 1.82) is 0 Å². The minimum atomic E-state index is -3.10. The van der Waals surface area contributed by atoms with Crippen LogP contribution in [0.3, 0.4) is 0 Å². The van der Waals surface area contributed by atoms with Gasteiger partial charge >= 0.3 is 5.97 Å². The zero-order valence-corrected chi connectivity index (χ0v) is 15.1. The molecule has 1 fully saturated rings. The number of carbonyl (C=O) groups excluding carboxylic acids is 2. The average molecular weight is 358 g/mol. The molecule has 2 rings (SSSR count). The Hall–Kier alpha value is -1.90. The van der Waals surface area contributed by atoms with Crippen LogP contribution in [0.5, 0.6) is 0 Å². The Labute approximate surface area is 141 Å². The number of nitrogens with zero attached hydrogens (tertiary/aromatic N) is 2. The number of aromatic nitrogens is 1. The Morgan fingerprint density at radius 2 is 2.08 bits per heavy atom. The van der Waals surface area contributed by atoms with Crippen LogP contribution in [0.25, 0.3) is 0 Å². The maximum absolute atomic E-state index is 12.6. The van der Waals surface area contributed by atoms with Crippen LogP contribution in [0.2, 0.25) is 0 Å². The quantitative estimate of drug-likeness (QED) is 0.719. The van der Waals surface area contributed by atoms with Crippen molar-refractivity contribution in [3.05, 3.63) is 17.0 Å². The van der Waals surface area contributed by atoms with Crippen molar-refractivity contribution in [2.75, 3.05) is 18.1 Å². The molecular formula is C15H22N2O6S. The second-order valence-corrected chi connectivity index (χ2v) is 8.16. The molecule has 0 N–H and O–H groups in total. The van der Waals surface area contributed by atoms with Gasteiger partial charge in [-0.3, -0.25) is 4.79 Å². The summed E-state index contributed by atoms with van der Waals surface area (Å²) in [5.41, 5.74) is 0.604. The Balaban J connectivity index is 2.06. The lowest BCUT2D eigenvalue weighted by Gasteiger charge is -2.29. The SMILES string of the molecule is CCN(C(=O)[C@H](C)OC(=O)c1c(C)noc1C)[C@H]1CCS(=O)(=O)C1. The predicted octanol–water partition coefficient (Wildman–Crippen LogP) is 0.872. The minimum Gasteiger partial charge on any atom is -0.449 e. The molecule has 1 aliphatic heterocycles. The van der Waals surface area contributed by atoms with E-state index in [1.54, 1.807) is 20.8 Å². The topological polar surface area (TPSA) is 107 Å². The highest BCUT2D eigenvalue weighted by Crippen LogP contribution is 2.20. The summed E-state index contributed by atoms with van der Waals surface area (Å²) in [6.07, 6.45) is -0.610. The number of likely N-dealkylation sites (N-methyl/N-ethyl adjacent to an activating group) is 1. The Kier molecular flexibility index (Phi) is 5.32. The molecule has 1 aliphatic rings. The Morgan fingerprint density at radius 1 is 1.42 bits per heavy atom. The molecule has 2 heterocycles. The monoisotopic (exact) mass is 358 g/mol. The molecule has 9 heteroatoms. The number of hydrogen-bond acceptors (Lipinski definition) is 7. The molecule has 24 heavy (non-hydrogen) atoms. The number of aryl methyl sites for hydroxylation is 2. The number of carbonyl (C=O) groups is 2. The third kappa shape index (κ3) is 3.77. The number of amides is 1. The van der Waals surface area contributed by atoms with E-state index in [0.29, 0.717) is 24.4 Å². The van der Waals surface area contributed by atoms with Gasteiger partial charge in [0.1, 0.15) is 11.3 Å². The van der Waals surface area contributed by atoms with Crippen LogP contribution in [0.4, 0.5) is 0 Å². The van der Waals surface area contributed by atoms with E-state index >= 15 is 0 Å². The van der Waals surface area contributed by atoms with E-state index in [2.05, 4.69) is 5.16 Å². The van der Waals surface area contributed by atoms with Crippen LogP contribution in [-0.4, -0.2) is 60.5 Å². The molecule has 0 bridgehead atoms. The number of hydrogen-bond donors (Lipinski definition) is 0. The number of rotatable bonds is 5. The van der Waals surface area contributed by atoms with Gasteiger partial charge in [0, 0.05) is 12.6 Å². The second-order valence-electron chi connectivity index (χ2n) is 5.93. The summed E-state index contributed by atoms with van der Waals surface area (Å²) in [4.78, 5) is 26.2. The molecule has 1 saturated heterocycles. The fourth-order valence-corrected chi connectivity index (χ4v) is 4.62. The number of esters is 1. The van der Waals surface area contributed by atoms with E-state index in [1.807, 2.05) is 0 Å². The average Bonchev–Trinajstić information content (AvgIpc) is 3.01. The smallest absolute Gasteiger partial charge is 0.344 e. The van der Waals surface area contributed by atoms with Gasteiger partial charge in [0.15, 0.2) is 15.9 Å². The fraction of sp³-hybridized carbons (Fsp3) is 0.667. The Bertz CT molecular complexity index is 720. The van der Waals surface area contributed by atoms with E-state index in [9.17, 15) is 18.0 Å². The minimum absolute atomic E-state index is 0.0445. The zero-order chi connectivity index (χ0) is 18.1. The summed E-state index contributed by atoms with van der Waals surface area (Å²) in [6, 6.07) is -0.368. The van der Waals surface area contributed by atoms with Gasteiger partial charge in [0.2, 0.25) is 0 Å². The fourth-order valence-electron chi connectivity index (χ4n) is 2.89. The van der Waals surface area contributed by atoms with Gasteiger partial charge in [-0.05, 0) is 34.1 Å². The van der Waals surface area contributed by atoms with Crippen molar-refractivity contribution in [3.63, 3.8) is 0 Å². The first-order chi connectivity index (χ1) is 11.2. The largest absolute Gasteiger partial charge is 0.449 e. The first-order valence-corrected chi connectivity index (χ1v) is 9.63. The molecule has 1 aromatic rings. The third-order valence-corrected chi connectivity index (χ3v) is 5.89. The highest BCUT2D eigenvalue weighted by atomic mass is 32.2. The second kappa shape index (κ2) is 6.92. The van der Waals surface area contributed by atoms with Crippen molar-refractivity contribution in [3.8, 4) is 0 Å². The molecule has 0 aliphatic carbocycles. The van der Waals surface area contributed by atoms with Gasteiger partial charge in [-0.2, -0.15) is 0 Å². The van der Waals surface area contributed by atoms with Crippen molar-refractivity contribution in [2.45, 2.75) is 46.3 Å². The van der Waals surface area contributed by atoms with Crippen LogP contribution in [-0.2, 0) is 19.4 Å². The molecule has 0 saturated carbocycles. The van der Waals surface area contributed by atoms with Gasteiger partial charge in [0.05, 0.1) is 17.2 Å². The molecule has 0 unspecified atom stereocenters. The van der Waals surface area contributed by atoms with Crippen LogP contribution >= 0.6 is 0 Å². The van der Waals surface area contributed by atoms with E-state index in [0.717, 1.165) is 0 Å². The molecule has 1 aromatic heterocycles. The van der Waals surface area contributed by atoms with E-state index in [1.165, 1.54) is 11.8 Å². The van der Waals surface area contributed by atoms with E-state index in [4.69, 9.17) is 9.26 Å². The summed E-state index contributed by atoms with van der Waals surface area (Å²) in [5, 5.41) is 3.68. The van der Waals surface area contributed by atoms with Gasteiger partial charge in [-0.15, -0.1) is 0 Å². The highest BCUT2D eigenvalue weighted by molar-refractivity contribution is 7.91. The van der Waals surface area contributed by atoms with Crippen molar-refractivity contribution in [1.82, 2.24) is 10.1 Å². The normalized spacial score (nSPS) is 20.6. The van der Waals surface area contributed by atoms with Gasteiger partial charge in [-0.1, -0.05) is 5.16 Å². The summed E-state index contributed by atoms with van der Waals surface area (Å²) in [7, 11) is -3.10. The Morgan fingerprint density at radius 3 is 2.54 bits per heavy atom. The van der Waals surface area contributed by atoms with Crippen molar-refractivity contribution < 1.29 is 27.3 Å². The summed E-state index contributed by atoms with van der Waals surface area (Å²) < 4.78 is 33.4. The lowest BCUT2D eigenvalue weighted by Crippen LogP contribution is -2.46. The van der Waals surface area contributed by atoms with Crippen molar-refractivity contribution >= 4 is 21.7 Å². The van der Waals surface area contributed by atoms with Crippen LogP contribution < -0.4 is 0 Å². The standard InChI is InChI=1S/C15H22N2O6S/c1-5-17(12-6-7-24(20,21)8-12)14(18)11(4)22-15(19)13-9(2)16-23-10(13)3/h11-12H,5-8H2,1-4H3/t11-,12-/m0/s1. The predicted molar refractivity (Wildman–Crippen MR) is 85.3 cm³/mol. The highest BCUT2D eigenvalue weighted by Gasteiger charge is 2.36. The van der Waals surface area contributed by atoms with Gasteiger partial charge in [-0.25, -0.2) is 13.2 Å². The lowest BCUT2D eigenvalue weighted by atomic mass is 10.2. The van der Waals surface area contributed by atoms with Crippen molar-refractivity contribution in [2.24, 2.45) is 0 Å². The van der Waals surface area contributed by atoms with Crippen LogP contribution in [0, 0.1) is 13.8 Å². The van der Waals surface area contributed by atoms with Gasteiger partial charge < -0.3 is 14.2 Å². The zero-order valence-electron chi connectivity index (χ0n) is 14.2. The molecule has 0 spiro atoms. The summed E-state index contributed by atoms with van der Waals surface area (Å²) in [5.74, 6) is -0.723. The molecule has 1 amide bonds. The molecular weight excluding hydrogens is 336 g/mol. The molecule has 2 atom stereocenters. The number of ether oxygens (including phenoxy) is 1. The first-order valence-electron chi connectivity index (χ1n) is 7.81. The molecule has 0 radical (unpaired) electrons. The lowest BCUT2D eigenvalue weighted by molar-refractivity contribution is -0.141. The molecule has 0 aromatic carbocycles. The first kappa shape index (κ1) is 18.4. The maximum Gasteiger partial charge on any atom is 0.344 e. The van der Waals surface area contributed by atoms with Crippen LogP contribution in [0.15, 0.2) is 4.52 Å². The van der Waals surface area contributed by atoms with E-state index in [-0.39, 0.29) is 23.1 Å². The molecule has 8 nitrogen and oxygen atoms in total. The summed E-state index contributed by atoms with van der Waals surface area (Å²) >= 11 is 0. The van der Waals surface area contributed by atoms with Gasteiger partial charge in [0.25, 0.3) is 5.91 Å². The van der Waals surface area contributed by atoms with E-state index < -0.39 is 27.8 Å². The maximum atomic E-state index is 12.6. The van der Waals surface area contributed by atoms with Crippen LogP contribution in [0.1, 0.15) is 42.1 Å². The number of sulfone groups is 1. The molecule has 134 valence electrons.